The summed E-state index contributed by atoms with van der Waals surface area (Å²) in [6.45, 7) is 0. The standard InChI is InChI=1S/C20H11Cl2FN2O3/c21-12-3-1-11(2-4-12)18-8-6-14(28-18)10-15-19(26)24-25(20(15)27)13-5-7-17(23)16(22)9-13/h1-10H,(H,24,26). The molecular formula is C20H11Cl2FN2O3. The molecule has 1 fully saturated rings. The van der Waals surface area contributed by atoms with Gasteiger partial charge in [-0.3, -0.25) is 15.0 Å². The molecule has 2 heterocycles. The summed E-state index contributed by atoms with van der Waals surface area (Å²) in [4.78, 5) is 24.8. The molecule has 2 aromatic carbocycles. The summed E-state index contributed by atoms with van der Waals surface area (Å²) in [7, 11) is 0. The SMILES string of the molecule is O=C1NN(c2ccc(F)c(Cl)c2)C(=O)C1=Cc1ccc(-c2ccc(Cl)cc2)o1. The van der Waals surface area contributed by atoms with E-state index in [1.165, 1.54) is 18.2 Å². The maximum Gasteiger partial charge on any atom is 0.282 e. The molecule has 5 nitrogen and oxygen atoms in total. The van der Waals surface area contributed by atoms with Crippen molar-refractivity contribution in [2.24, 2.45) is 0 Å². The molecule has 0 radical (unpaired) electrons. The Labute approximate surface area is 168 Å². The number of hydrogen-bond donors (Lipinski definition) is 1. The molecule has 0 saturated carbocycles. The van der Waals surface area contributed by atoms with Crippen LogP contribution in [0.25, 0.3) is 17.4 Å². The van der Waals surface area contributed by atoms with Crippen LogP contribution in [0.3, 0.4) is 0 Å². The summed E-state index contributed by atoms with van der Waals surface area (Å²) in [5.74, 6) is -0.921. The van der Waals surface area contributed by atoms with E-state index in [9.17, 15) is 14.0 Å². The number of amides is 2. The van der Waals surface area contributed by atoms with Gasteiger partial charge in [-0.15, -0.1) is 0 Å². The van der Waals surface area contributed by atoms with E-state index in [1.54, 1.807) is 36.4 Å². The molecule has 1 aliphatic rings. The van der Waals surface area contributed by atoms with Gasteiger partial charge in [-0.2, -0.15) is 0 Å². The first-order chi connectivity index (χ1) is 13.4. The molecule has 1 saturated heterocycles. The molecule has 0 unspecified atom stereocenters. The van der Waals surface area contributed by atoms with Gasteiger partial charge in [0.25, 0.3) is 11.8 Å². The van der Waals surface area contributed by atoms with Crippen molar-refractivity contribution in [3.05, 3.63) is 81.8 Å². The third-order valence-corrected chi connectivity index (χ3v) is 4.64. The van der Waals surface area contributed by atoms with Crippen LogP contribution >= 0.6 is 23.2 Å². The van der Waals surface area contributed by atoms with Gasteiger partial charge in [-0.1, -0.05) is 23.2 Å². The van der Waals surface area contributed by atoms with E-state index in [2.05, 4.69) is 5.43 Å². The van der Waals surface area contributed by atoms with E-state index in [0.717, 1.165) is 16.6 Å². The minimum atomic E-state index is -0.621. The van der Waals surface area contributed by atoms with Crippen LogP contribution in [0.15, 0.2) is 64.6 Å². The molecule has 3 aromatic rings. The van der Waals surface area contributed by atoms with E-state index in [4.69, 9.17) is 27.6 Å². The molecule has 140 valence electrons. The first kappa shape index (κ1) is 18.3. The zero-order chi connectivity index (χ0) is 19.8. The fourth-order valence-corrected chi connectivity index (χ4v) is 3.01. The predicted octanol–water partition coefficient (Wildman–Crippen LogP) is 4.85. The lowest BCUT2D eigenvalue weighted by Crippen LogP contribution is -2.35. The van der Waals surface area contributed by atoms with Crippen LogP contribution in [0.2, 0.25) is 10.0 Å². The lowest BCUT2D eigenvalue weighted by Gasteiger charge is -2.14. The quantitative estimate of drug-likeness (QED) is 0.490. The highest BCUT2D eigenvalue weighted by atomic mass is 35.5. The first-order valence-electron chi connectivity index (χ1n) is 8.10. The number of benzene rings is 2. The van der Waals surface area contributed by atoms with Crippen molar-refractivity contribution in [3.8, 4) is 11.3 Å². The van der Waals surface area contributed by atoms with E-state index in [-0.39, 0.29) is 16.3 Å². The molecule has 28 heavy (non-hydrogen) atoms. The van der Waals surface area contributed by atoms with Gasteiger partial charge in [0, 0.05) is 10.6 Å². The van der Waals surface area contributed by atoms with Crippen LogP contribution in [0.5, 0.6) is 0 Å². The second kappa shape index (κ2) is 7.14. The molecule has 0 atom stereocenters. The number of hydrazine groups is 1. The third kappa shape index (κ3) is 3.40. The fourth-order valence-electron chi connectivity index (χ4n) is 2.71. The maximum absolute atomic E-state index is 13.3. The lowest BCUT2D eigenvalue weighted by molar-refractivity contribution is -0.117. The zero-order valence-corrected chi connectivity index (χ0v) is 15.6. The molecule has 1 aromatic heterocycles. The van der Waals surface area contributed by atoms with Crippen LogP contribution in [-0.4, -0.2) is 11.8 Å². The zero-order valence-electron chi connectivity index (χ0n) is 14.1. The van der Waals surface area contributed by atoms with Gasteiger partial charge >= 0.3 is 0 Å². The second-order valence-corrected chi connectivity index (χ2v) is 6.79. The van der Waals surface area contributed by atoms with Gasteiger partial charge in [0.05, 0.1) is 10.7 Å². The highest BCUT2D eigenvalue weighted by Crippen LogP contribution is 2.28. The van der Waals surface area contributed by atoms with Crippen LogP contribution < -0.4 is 10.4 Å². The molecule has 1 aliphatic heterocycles. The first-order valence-corrected chi connectivity index (χ1v) is 8.86. The minimum absolute atomic E-state index is 0.113. The number of rotatable bonds is 3. The number of halogens is 3. The van der Waals surface area contributed by atoms with Gasteiger partial charge < -0.3 is 4.42 Å². The fraction of sp³-hybridized carbons (Fsp3) is 0. The molecule has 0 bridgehead atoms. The summed E-state index contributed by atoms with van der Waals surface area (Å²) >= 11 is 11.6. The van der Waals surface area contributed by atoms with Crippen LogP contribution in [0.1, 0.15) is 5.76 Å². The van der Waals surface area contributed by atoms with Gasteiger partial charge in [0.15, 0.2) is 0 Å². The summed E-state index contributed by atoms with van der Waals surface area (Å²) in [5, 5.41) is 1.45. The number of anilines is 1. The van der Waals surface area contributed by atoms with Crippen molar-refractivity contribution in [1.29, 1.82) is 0 Å². The summed E-state index contributed by atoms with van der Waals surface area (Å²) in [6.07, 6.45) is 1.35. The highest BCUT2D eigenvalue weighted by Gasteiger charge is 2.35. The molecule has 1 N–H and O–H groups in total. The molecule has 4 rings (SSSR count). The number of nitrogens with one attached hydrogen (secondary N) is 1. The van der Waals surface area contributed by atoms with Crippen molar-refractivity contribution in [1.82, 2.24) is 5.43 Å². The molecule has 0 aliphatic carbocycles. The molecule has 8 heteroatoms. The van der Waals surface area contributed by atoms with Crippen LogP contribution in [0, 0.1) is 5.82 Å². The normalized spacial score (nSPS) is 15.4. The van der Waals surface area contributed by atoms with Gasteiger partial charge in [0.1, 0.15) is 22.9 Å². The smallest absolute Gasteiger partial charge is 0.282 e. The largest absolute Gasteiger partial charge is 0.457 e. The Balaban J connectivity index is 1.61. The third-order valence-electron chi connectivity index (χ3n) is 4.09. The Kier molecular flexibility index (Phi) is 4.66. The number of carbonyl (C=O) groups is 2. The van der Waals surface area contributed by atoms with Crippen molar-refractivity contribution < 1.29 is 18.4 Å². The highest BCUT2D eigenvalue weighted by molar-refractivity contribution is 6.33. The van der Waals surface area contributed by atoms with Crippen LogP contribution in [-0.2, 0) is 9.59 Å². The number of furan rings is 1. The Morgan fingerprint density at radius 1 is 1.00 bits per heavy atom. The lowest BCUT2D eigenvalue weighted by atomic mass is 10.2. The predicted molar refractivity (Wildman–Crippen MR) is 104 cm³/mol. The van der Waals surface area contributed by atoms with Crippen molar-refractivity contribution >= 4 is 46.8 Å². The van der Waals surface area contributed by atoms with Crippen LogP contribution in [0.4, 0.5) is 10.1 Å². The second-order valence-electron chi connectivity index (χ2n) is 5.95. The van der Waals surface area contributed by atoms with Gasteiger partial charge in [-0.05, 0) is 60.7 Å². The van der Waals surface area contributed by atoms with E-state index in [0.29, 0.717) is 16.5 Å². The number of carbonyl (C=O) groups excluding carboxylic acids is 2. The molecule has 2 amide bonds. The Bertz CT molecular complexity index is 1120. The Morgan fingerprint density at radius 3 is 2.46 bits per heavy atom. The average Bonchev–Trinajstić information content (AvgIpc) is 3.25. The summed E-state index contributed by atoms with van der Waals surface area (Å²) in [5.41, 5.74) is 3.36. The van der Waals surface area contributed by atoms with Crippen molar-refractivity contribution in [3.63, 3.8) is 0 Å². The van der Waals surface area contributed by atoms with Crippen molar-refractivity contribution in [2.45, 2.75) is 0 Å². The number of hydrogen-bond acceptors (Lipinski definition) is 3. The topological polar surface area (TPSA) is 62.6 Å². The Morgan fingerprint density at radius 2 is 1.75 bits per heavy atom. The minimum Gasteiger partial charge on any atom is -0.457 e. The van der Waals surface area contributed by atoms with E-state index < -0.39 is 17.6 Å². The average molecular weight is 417 g/mol. The molecular weight excluding hydrogens is 406 g/mol. The summed E-state index contributed by atoms with van der Waals surface area (Å²) < 4.78 is 19.0. The Hall–Kier alpha value is -3.09. The van der Waals surface area contributed by atoms with E-state index >= 15 is 0 Å². The van der Waals surface area contributed by atoms with Crippen molar-refractivity contribution in [2.75, 3.05) is 5.01 Å². The van der Waals surface area contributed by atoms with E-state index in [1.807, 2.05) is 0 Å². The van der Waals surface area contributed by atoms with Gasteiger partial charge in [-0.25, -0.2) is 9.40 Å². The monoisotopic (exact) mass is 416 g/mol. The summed E-state index contributed by atoms with van der Waals surface area (Å²) in [6, 6.07) is 14.1. The maximum atomic E-state index is 13.3. The van der Waals surface area contributed by atoms with Gasteiger partial charge in [0.2, 0.25) is 0 Å². The molecule has 0 spiro atoms. The number of nitrogens with zero attached hydrogens (tertiary/aromatic N) is 1.